The third-order valence-electron chi connectivity index (χ3n) is 3.26. The topological polar surface area (TPSA) is 12.9 Å². The monoisotopic (exact) mass is 349 g/mol. The molecule has 0 N–H and O–H groups in total. The molecule has 0 radical (unpaired) electrons. The first kappa shape index (κ1) is 14.4. The van der Waals surface area contributed by atoms with Crippen molar-refractivity contribution in [2.45, 2.75) is 0 Å². The lowest BCUT2D eigenvalue weighted by Crippen LogP contribution is -1.76. The van der Waals surface area contributed by atoms with E-state index in [1.165, 1.54) is 19.5 Å². The number of hydrogen-bond acceptors (Lipinski definition) is 4. The maximum atomic E-state index is 4.03. The van der Waals surface area contributed by atoms with Crippen molar-refractivity contribution >= 4 is 34.0 Å². The van der Waals surface area contributed by atoms with Crippen molar-refractivity contribution in [1.29, 1.82) is 0 Å². The van der Waals surface area contributed by atoms with Crippen LogP contribution in [0.5, 0.6) is 0 Å². The van der Waals surface area contributed by atoms with E-state index in [0.717, 1.165) is 11.1 Å². The Morgan fingerprint density at radius 2 is 1.52 bits per heavy atom. The molecule has 0 aliphatic rings. The van der Waals surface area contributed by atoms with Gasteiger partial charge in [0.15, 0.2) is 0 Å². The molecule has 0 aromatic carbocycles. The van der Waals surface area contributed by atoms with Gasteiger partial charge in [-0.15, -0.1) is 34.0 Å². The highest BCUT2D eigenvalue weighted by atomic mass is 32.1. The van der Waals surface area contributed by atoms with E-state index in [4.69, 9.17) is 0 Å². The smallest absolute Gasteiger partial charge is 0.0606 e. The minimum atomic E-state index is 0.987. The van der Waals surface area contributed by atoms with Gasteiger partial charge < -0.3 is 0 Å². The summed E-state index contributed by atoms with van der Waals surface area (Å²) < 4.78 is 0. The van der Waals surface area contributed by atoms with Crippen LogP contribution in [0.1, 0.15) is 11.1 Å². The van der Waals surface area contributed by atoms with E-state index < -0.39 is 0 Å². The van der Waals surface area contributed by atoms with Crippen molar-refractivity contribution in [1.82, 2.24) is 4.98 Å². The highest BCUT2D eigenvalue weighted by Crippen LogP contribution is 2.41. The zero-order valence-corrected chi connectivity index (χ0v) is 14.5. The summed E-state index contributed by atoms with van der Waals surface area (Å²) in [5, 5.41) is 4.22. The largest absolute Gasteiger partial charge is 0.265 e. The van der Waals surface area contributed by atoms with Gasteiger partial charge in [-0.1, -0.05) is 24.0 Å². The molecule has 4 heteroatoms. The second-order valence-corrected chi connectivity index (χ2v) is 7.74. The maximum absolute atomic E-state index is 4.03. The fourth-order valence-electron chi connectivity index (χ4n) is 2.19. The SMILES string of the molecule is C(#Cc1cc(-c2cccs2)sc1-c1cccs1)c1ccncc1. The number of rotatable bonds is 2. The Balaban J connectivity index is 1.80. The average molecular weight is 350 g/mol. The van der Waals surface area contributed by atoms with Crippen molar-refractivity contribution in [3.05, 3.63) is 76.7 Å². The molecule has 1 nitrogen and oxygen atoms in total. The number of thiophene rings is 3. The Bertz CT molecular complexity index is 953. The third kappa shape index (κ3) is 3.13. The summed E-state index contributed by atoms with van der Waals surface area (Å²) >= 11 is 5.34. The van der Waals surface area contributed by atoms with E-state index >= 15 is 0 Å². The van der Waals surface area contributed by atoms with Crippen molar-refractivity contribution < 1.29 is 0 Å². The number of hydrogen-bond donors (Lipinski definition) is 0. The Kier molecular flexibility index (Phi) is 4.08. The lowest BCUT2D eigenvalue weighted by molar-refractivity contribution is 1.32. The van der Waals surface area contributed by atoms with Crippen molar-refractivity contribution in [2.75, 3.05) is 0 Å². The van der Waals surface area contributed by atoms with Crippen LogP contribution in [0.2, 0.25) is 0 Å². The molecule has 0 fully saturated rings. The van der Waals surface area contributed by atoms with Crippen LogP contribution >= 0.6 is 34.0 Å². The summed E-state index contributed by atoms with van der Waals surface area (Å²) in [6, 6.07) is 14.6. The second kappa shape index (κ2) is 6.51. The molecule has 0 atom stereocenters. The summed E-state index contributed by atoms with van der Waals surface area (Å²) in [7, 11) is 0. The molecule has 0 aliphatic carbocycles. The van der Waals surface area contributed by atoms with Gasteiger partial charge in [-0.3, -0.25) is 4.98 Å². The van der Waals surface area contributed by atoms with Gasteiger partial charge >= 0.3 is 0 Å². The van der Waals surface area contributed by atoms with E-state index in [1.807, 2.05) is 23.5 Å². The number of aromatic nitrogens is 1. The van der Waals surface area contributed by atoms with E-state index in [1.54, 1.807) is 35.1 Å². The van der Waals surface area contributed by atoms with Gasteiger partial charge in [-0.05, 0) is 41.1 Å². The van der Waals surface area contributed by atoms with Gasteiger partial charge in [0.1, 0.15) is 0 Å². The standard InChI is InChI=1S/C19H11NS3/c1-3-16(21-11-1)18-13-15(6-5-14-7-9-20-10-8-14)19(23-18)17-4-2-12-22-17/h1-4,7-13H. The van der Waals surface area contributed by atoms with Crippen molar-refractivity contribution in [2.24, 2.45) is 0 Å². The Labute approximate surface area is 146 Å². The molecule has 0 spiro atoms. The Morgan fingerprint density at radius 1 is 0.783 bits per heavy atom. The summed E-state index contributed by atoms with van der Waals surface area (Å²) in [5.74, 6) is 6.59. The Hall–Kier alpha value is -2.19. The molecular formula is C19H11NS3. The molecule has 0 saturated heterocycles. The van der Waals surface area contributed by atoms with Gasteiger partial charge in [-0.25, -0.2) is 0 Å². The lowest BCUT2D eigenvalue weighted by Gasteiger charge is -1.93. The number of nitrogens with zero attached hydrogens (tertiary/aromatic N) is 1. The summed E-state index contributed by atoms with van der Waals surface area (Å²) in [4.78, 5) is 9.14. The molecule has 0 unspecified atom stereocenters. The highest BCUT2D eigenvalue weighted by molar-refractivity contribution is 7.26. The summed E-state index contributed by atoms with van der Waals surface area (Å²) in [5.41, 5.74) is 2.08. The van der Waals surface area contributed by atoms with E-state index in [-0.39, 0.29) is 0 Å². The average Bonchev–Trinajstić information content (AvgIpc) is 3.33. The molecule has 4 heterocycles. The second-order valence-electron chi connectivity index (χ2n) is 4.79. The van der Waals surface area contributed by atoms with E-state index in [2.05, 4.69) is 57.9 Å². The first-order valence-corrected chi connectivity index (χ1v) is 9.61. The van der Waals surface area contributed by atoms with Crippen LogP contribution in [0.25, 0.3) is 19.5 Å². The predicted molar refractivity (Wildman–Crippen MR) is 101 cm³/mol. The lowest BCUT2D eigenvalue weighted by atomic mass is 10.2. The molecule has 4 rings (SSSR count). The van der Waals surface area contributed by atoms with Crippen molar-refractivity contribution in [3.63, 3.8) is 0 Å². The summed E-state index contributed by atoms with van der Waals surface area (Å²) in [6.07, 6.45) is 3.55. The summed E-state index contributed by atoms with van der Waals surface area (Å²) in [6.45, 7) is 0. The van der Waals surface area contributed by atoms with Crippen LogP contribution in [0.15, 0.2) is 65.6 Å². The van der Waals surface area contributed by atoms with Crippen molar-refractivity contribution in [3.8, 4) is 31.3 Å². The van der Waals surface area contributed by atoms with Crippen LogP contribution in [0.4, 0.5) is 0 Å². The van der Waals surface area contributed by atoms with Gasteiger partial charge in [0.2, 0.25) is 0 Å². The van der Waals surface area contributed by atoms with E-state index in [9.17, 15) is 0 Å². The molecule has 0 amide bonds. The molecular weight excluding hydrogens is 338 g/mol. The Morgan fingerprint density at radius 3 is 2.22 bits per heavy atom. The van der Waals surface area contributed by atoms with Gasteiger partial charge in [0.05, 0.1) is 4.88 Å². The molecule has 4 aromatic rings. The maximum Gasteiger partial charge on any atom is 0.0606 e. The first-order valence-electron chi connectivity index (χ1n) is 7.04. The van der Waals surface area contributed by atoms with Crippen LogP contribution in [0, 0.1) is 11.8 Å². The minimum absolute atomic E-state index is 0.987. The normalized spacial score (nSPS) is 10.3. The van der Waals surface area contributed by atoms with Crippen LogP contribution in [-0.4, -0.2) is 4.98 Å². The fourth-order valence-corrected chi connectivity index (χ4v) is 5.00. The fraction of sp³-hybridized carbons (Fsp3) is 0. The molecule has 0 aliphatic heterocycles. The molecule has 0 bridgehead atoms. The van der Waals surface area contributed by atoms with Crippen LogP contribution in [-0.2, 0) is 0 Å². The predicted octanol–water partition coefficient (Wildman–Crippen LogP) is 6.00. The zero-order chi connectivity index (χ0) is 15.5. The molecule has 4 aromatic heterocycles. The number of pyridine rings is 1. The van der Waals surface area contributed by atoms with Crippen LogP contribution < -0.4 is 0 Å². The zero-order valence-electron chi connectivity index (χ0n) is 12.0. The minimum Gasteiger partial charge on any atom is -0.265 e. The highest BCUT2D eigenvalue weighted by Gasteiger charge is 2.12. The molecule has 110 valence electrons. The third-order valence-corrected chi connectivity index (χ3v) is 6.51. The molecule has 0 saturated carbocycles. The van der Waals surface area contributed by atoms with Gasteiger partial charge in [-0.2, -0.15) is 0 Å². The van der Waals surface area contributed by atoms with Gasteiger partial charge in [0.25, 0.3) is 0 Å². The van der Waals surface area contributed by atoms with Gasteiger partial charge in [0, 0.05) is 38.2 Å². The van der Waals surface area contributed by atoms with Crippen LogP contribution in [0.3, 0.4) is 0 Å². The molecule has 23 heavy (non-hydrogen) atoms. The van der Waals surface area contributed by atoms with E-state index in [0.29, 0.717) is 0 Å². The quantitative estimate of drug-likeness (QED) is 0.404. The first-order chi connectivity index (χ1) is 11.4.